The van der Waals surface area contributed by atoms with Gasteiger partial charge in [-0.2, -0.15) is 0 Å². The number of likely N-dealkylation sites (tertiary alicyclic amines) is 1. The highest BCUT2D eigenvalue weighted by molar-refractivity contribution is 6.31. The summed E-state index contributed by atoms with van der Waals surface area (Å²) in [4.78, 5) is 28.6. The van der Waals surface area contributed by atoms with Crippen molar-refractivity contribution in [3.05, 3.63) is 75.9 Å². The highest BCUT2D eigenvalue weighted by Crippen LogP contribution is 2.28. The Hall–Kier alpha value is -3.16. The number of nitrogens with one attached hydrogen (secondary N) is 1. The topological polar surface area (TPSA) is 63.6 Å². The van der Waals surface area contributed by atoms with E-state index < -0.39 is 5.82 Å². The highest BCUT2D eigenvalue weighted by atomic mass is 35.5. The first kappa shape index (κ1) is 25.9. The van der Waals surface area contributed by atoms with E-state index in [2.05, 4.69) is 16.8 Å². The van der Waals surface area contributed by atoms with Gasteiger partial charge in [0.15, 0.2) is 0 Å². The molecule has 2 aromatic carbocycles. The van der Waals surface area contributed by atoms with Crippen molar-refractivity contribution in [1.82, 2.24) is 14.8 Å². The first-order chi connectivity index (χ1) is 17.3. The number of hydrogen-bond acceptors (Lipinski definition) is 4. The number of fused-ring (bicyclic) bond motifs is 1. The summed E-state index contributed by atoms with van der Waals surface area (Å²) in [5, 5.41) is 3.69. The summed E-state index contributed by atoms with van der Waals surface area (Å²) in [5.41, 5.74) is 1.11. The summed E-state index contributed by atoms with van der Waals surface area (Å²) in [6.07, 6.45) is 4.74. The number of piperidine rings is 1. The van der Waals surface area contributed by atoms with Crippen LogP contribution >= 0.6 is 11.6 Å². The summed E-state index contributed by atoms with van der Waals surface area (Å²) in [6, 6.07) is 11.4. The van der Waals surface area contributed by atoms with Crippen LogP contribution in [0, 0.1) is 5.82 Å². The Kier molecular flexibility index (Phi) is 8.44. The van der Waals surface area contributed by atoms with Gasteiger partial charge >= 0.3 is 0 Å². The predicted octanol–water partition coefficient (Wildman–Crippen LogP) is 5.37. The number of carbonyl (C=O) groups excluding carboxylic acids is 1. The van der Waals surface area contributed by atoms with E-state index in [0.29, 0.717) is 40.1 Å². The maximum atomic E-state index is 13.8. The lowest BCUT2D eigenvalue weighted by atomic mass is 10.1. The Morgan fingerprint density at radius 3 is 2.64 bits per heavy atom. The second kappa shape index (κ2) is 11.7. The largest absolute Gasteiger partial charge is 0.494 e. The Balaban J connectivity index is 1.62. The molecule has 0 bridgehead atoms. The van der Waals surface area contributed by atoms with Crippen LogP contribution in [-0.2, 0) is 11.3 Å². The lowest BCUT2D eigenvalue weighted by molar-refractivity contribution is -0.120. The third-order valence-corrected chi connectivity index (χ3v) is 6.58. The van der Waals surface area contributed by atoms with Gasteiger partial charge in [-0.25, -0.2) is 4.39 Å². The number of carbonyl (C=O) groups is 1. The molecule has 2 heterocycles. The molecule has 190 valence electrons. The molecular weight excluding hydrogens is 481 g/mol. The van der Waals surface area contributed by atoms with Crippen molar-refractivity contribution in [3.8, 4) is 17.0 Å². The van der Waals surface area contributed by atoms with Gasteiger partial charge in [0.2, 0.25) is 5.91 Å². The monoisotopic (exact) mass is 511 g/mol. The molecule has 1 fully saturated rings. The molecule has 1 aliphatic heterocycles. The third kappa shape index (κ3) is 6.33. The molecule has 0 unspecified atom stereocenters. The molecule has 36 heavy (non-hydrogen) atoms. The molecule has 1 saturated heterocycles. The second-order valence-corrected chi connectivity index (χ2v) is 9.64. The van der Waals surface area contributed by atoms with Crippen molar-refractivity contribution in [2.45, 2.75) is 39.2 Å². The van der Waals surface area contributed by atoms with E-state index in [1.54, 1.807) is 19.1 Å². The fraction of sp³-hybridized carbons (Fsp3) is 0.357. The highest BCUT2D eigenvalue weighted by Gasteiger charge is 2.16. The molecule has 0 spiro atoms. The number of rotatable bonds is 9. The van der Waals surface area contributed by atoms with E-state index in [4.69, 9.17) is 16.3 Å². The van der Waals surface area contributed by atoms with E-state index in [1.807, 2.05) is 12.1 Å². The smallest absolute Gasteiger partial charge is 0.259 e. The van der Waals surface area contributed by atoms with E-state index in [9.17, 15) is 14.0 Å². The van der Waals surface area contributed by atoms with Crippen molar-refractivity contribution in [2.75, 3.05) is 26.2 Å². The van der Waals surface area contributed by atoms with Crippen LogP contribution in [0.3, 0.4) is 0 Å². The number of amides is 1. The van der Waals surface area contributed by atoms with Crippen LogP contribution in [0.15, 0.2) is 59.5 Å². The second-order valence-electron chi connectivity index (χ2n) is 9.23. The summed E-state index contributed by atoms with van der Waals surface area (Å²) < 4.78 is 21.1. The van der Waals surface area contributed by atoms with Crippen LogP contribution in [0.4, 0.5) is 4.39 Å². The van der Waals surface area contributed by atoms with Crippen LogP contribution in [0.1, 0.15) is 32.6 Å². The van der Waals surface area contributed by atoms with E-state index >= 15 is 0 Å². The minimum Gasteiger partial charge on any atom is -0.494 e. The Labute approximate surface area is 215 Å². The van der Waals surface area contributed by atoms with Gasteiger partial charge in [-0.1, -0.05) is 30.7 Å². The average Bonchev–Trinajstić information content (AvgIpc) is 2.85. The number of hydrogen-bond donors (Lipinski definition) is 1. The van der Waals surface area contributed by atoms with Crippen molar-refractivity contribution in [3.63, 3.8) is 0 Å². The predicted molar refractivity (Wildman–Crippen MR) is 142 cm³/mol. The van der Waals surface area contributed by atoms with E-state index in [1.165, 1.54) is 42.0 Å². The van der Waals surface area contributed by atoms with Crippen LogP contribution in [0.25, 0.3) is 22.0 Å². The minimum absolute atomic E-state index is 0.0636. The molecule has 1 aliphatic rings. The van der Waals surface area contributed by atoms with Gasteiger partial charge in [0.1, 0.15) is 18.1 Å². The van der Waals surface area contributed by atoms with E-state index in [-0.39, 0.29) is 23.0 Å². The molecule has 4 rings (SSSR count). The molecule has 1 N–H and O–H groups in total. The van der Waals surface area contributed by atoms with E-state index in [0.717, 1.165) is 26.1 Å². The molecular formula is C28H31ClFN3O3. The number of ether oxygens (including phenoxy) is 1. The van der Waals surface area contributed by atoms with Crippen molar-refractivity contribution < 1.29 is 13.9 Å². The summed E-state index contributed by atoms with van der Waals surface area (Å²) in [6.45, 7) is 8.98. The number of aromatic nitrogens is 1. The Bertz CT molecular complexity index is 1330. The molecule has 3 aromatic rings. The normalized spacial score (nSPS) is 14.1. The summed E-state index contributed by atoms with van der Waals surface area (Å²) in [7, 11) is 0. The maximum Gasteiger partial charge on any atom is 0.259 e. The number of nitrogens with zero attached hydrogens (tertiary/aromatic N) is 2. The van der Waals surface area contributed by atoms with Gasteiger partial charge in [-0.3, -0.25) is 14.2 Å². The Morgan fingerprint density at radius 2 is 1.92 bits per heavy atom. The quantitative estimate of drug-likeness (QED) is 0.392. The van der Waals surface area contributed by atoms with Crippen LogP contribution in [-0.4, -0.2) is 41.6 Å². The van der Waals surface area contributed by atoms with Crippen molar-refractivity contribution in [1.29, 1.82) is 0 Å². The number of allylic oxidation sites excluding steroid dienone is 1. The first-order valence-electron chi connectivity index (χ1n) is 12.3. The standard InChI is InChI=1S/C28H31ClFN3O3/c1-19(2)31-27(34)18-33-26(21-8-10-25(30)24(29)15-21)16-20-7-9-22(17-23(20)28(33)35)36-14-6-13-32-11-4-3-5-12-32/h7-10,15-17H,1,3-6,11-14,18H2,2H3,(H,31,34). The van der Waals surface area contributed by atoms with Gasteiger partial charge in [0, 0.05) is 12.2 Å². The van der Waals surface area contributed by atoms with Gasteiger partial charge in [0.25, 0.3) is 5.56 Å². The fourth-order valence-corrected chi connectivity index (χ4v) is 4.73. The zero-order valence-electron chi connectivity index (χ0n) is 20.5. The summed E-state index contributed by atoms with van der Waals surface area (Å²) in [5.74, 6) is -0.338. The minimum atomic E-state index is -0.558. The van der Waals surface area contributed by atoms with Gasteiger partial charge in [-0.15, -0.1) is 0 Å². The first-order valence-corrected chi connectivity index (χ1v) is 12.6. The lowest BCUT2D eigenvalue weighted by Crippen LogP contribution is -2.32. The van der Waals surface area contributed by atoms with Crippen molar-refractivity contribution >= 4 is 28.3 Å². The molecule has 6 nitrogen and oxygen atoms in total. The number of pyridine rings is 1. The molecule has 1 aromatic heterocycles. The van der Waals surface area contributed by atoms with Crippen LogP contribution < -0.4 is 15.6 Å². The average molecular weight is 512 g/mol. The van der Waals surface area contributed by atoms with Crippen molar-refractivity contribution in [2.24, 2.45) is 0 Å². The molecule has 0 saturated carbocycles. The zero-order chi connectivity index (χ0) is 25.7. The maximum absolute atomic E-state index is 13.8. The molecule has 1 amide bonds. The Morgan fingerprint density at radius 1 is 1.14 bits per heavy atom. The van der Waals surface area contributed by atoms with Crippen LogP contribution in [0.2, 0.25) is 5.02 Å². The van der Waals surface area contributed by atoms with Crippen LogP contribution in [0.5, 0.6) is 5.75 Å². The third-order valence-electron chi connectivity index (χ3n) is 6.29. The van der Waals surface area contributed by atoms with Gasteiger partial charge in [-0.05, 0) is 86.6 Å². The summed E-state index contributed by atoms with van der Waals surface area (Å²) >= 11 is 6.01. The number of benzene rings is 2. The fourth-order valence-electron chi connectivity index (χ4n) is 4.55. The van der Waals surface area contributed by atoms with Gasteiger partial charge in [0.05, 0.1) is 22.7 Å². The molecule has 0 radical (unpaired) electrons. The molecule has 8 heteroatoms. The SMILES string of the molecule is C=C(C)NC(=O)Cn1c(-c2ccc(F)c(Cl)c2)cc2ccc(OCCCN3CCCCC3)cc2c1=O. The number of halogens is 2. The molecule has 0 aliphatic carbocycles. The lowest BCUT2D eigenvalue weighted by Gasteiger charge is -2.26. The molecule has 0 atom stereocenters. The van der Waals surface area contributed by atoms with Gasteiger partial charge < -0.3 is 15.0 Å². The zero-order valence-corrected chi connectivity index (χ0v) is 21.2.